The molecule has 0 aliphatic heterocycles. The fourth-order valence-electron chi connectivity index (χ4n) is 0.662. The van der Waals surface area contributed by atoms with Gasteiger partial charge in [0.1, 0.15) is 0 Å². The highest BCUT2D eigenvalue weighted by atomic mass is 16.4. The number of benzene rings is 1. The molecule has 0 spiro atoms. The Morgan fingerprint density at radius 3 is 2.90 bits per heavy atom. The highest BCUT2D eigenvalue weighted by Gasteiger charge is 1.85. The zero-order chi connectivity index (χ0) is 7.40. The first-order valence-corrected chi connectivity index (χ1v) is 2.98. The lowest BCUT2D eigenvalue weighted by atomic mass is 10.2. The molecule has 1 aromatic carbocycles. The second-order valence-corrected chi connectivity index (χ2v) is 2.05. The van der Waals surface area contributed by atoms with Crippen LogP contribution < -0.4 is 0 Å². The number of nitrogens with zero attached hydrogens (tertiary/aromatic N) is 1. The lowest BCUT2D eigenvalue weighted by molar-refractivity contribution is 0.322. The third kappa shape index (κ3) is 1.58. The smallest absolute Gasteiger partial charge is 0.0734 e. The van der Waals surface area contributed by atoms with Crippen LogP contribution in [0.3, 0.4) is 0 Å². The quantitative estimate of drug-likeness (QED) is 0.353. The minimum Gasteiger partial charge on any atom is -0.411 e. The van der Waals surface area contributed by atoms with Crippen molar-refractivity contribution in [2.45, 2.75) is 6.92 Å². The Morgan fingerprint density at radius 1 is 1.60 bits per heavy atom. The first-order chi connectivity index (χ1) is 4.83. The fourth-order valence-corrected chi connectivity index (χ4v) is 0.662. The maximum atomic E-state index is 8.14. The van der Waals surface area contributed by atoms with Gasteiger partial charge in [0.05, 0.1) is 6.21 Å². The van der Waals surface area contributed by atoms with E-state index in [4.69, 9.17) is 5.21 Å². The van der Waals surface area contributed by atoms with Crippen molar-refractivity contribution in [2.24, 2.45) is 5.16 Å². The Bertz CT molecular complexity index is 226. The summed E-state index contributed by atoms with van der Waals surface area (Å²) < 4.78 is 0. The zero-order valence-corrected chi connectivity index (χ0v) is 5.70. The van der Waals surface area contributed by atoms with Crippen LogP contribution in [0.15, 0.2) is 23.4 Å². The molecule has 1 N–H and O–H groups in total. The molecule has 51 valence electrons. The molecule has 0 unspecified atom stereocenters. The second kappa shape index (κ2) is 3.01. The normalized spacial score (nSPS) is 10.5. The zero-order valence-electron chi connectivity index (χ0n) is 5.70. The van der Waals surface area contributed by atoms with E-state index in [2.05, 4.69) is 11.2 Å². The molecule has 2 heteroatoms. The third-order valence-corrected chi connectivity index (χ3v) is 1.20. The maximum absolute atomic E-state index is 8.14. The highest BCUT2D eigenvalue weighted by molar-refractivity contribution is 5.78. The van der Waals surface area contributed by atoms with Crippen molar-refractivity contribution >= 4 is 6.21 Å². The van der Waals surface area contributed by atoms with Gasteiger partial charge in [-0.1, -0.05) is 17.3 Å². The molecule has 10 heavy (non-hydrogen) atoms. The number of hydrogen-bond donors (Lipinski definition) is 1. The average Bonchev–Trinajstić information content (AvgIpc) is 1.95. The molecule has 0 atom stereocenters. The summed E-state index contributed by atoms with van der Waals surface area (Å²) in [5.74, 6) is 0. The van der Waals surface area contributed by atoms with E-state index in [1.54, 1.807) is 6.07 Å². The van der Waals surface area contributed by atoms with Crippen molar-refractivity contribution in [1.29, 1.82) is 0 Å². The van der Waals surface area contributed by atoms with Crippen LogP contribution in [0.2, 0.25) is 0 Å². The van der Waals surface area contributed by atoms with E-state index in [9.17, 15) is 0 Å². The molecule has 1 rings (SSSR count). The molecule has 0 saturated heterocycles. The van der Waals surface area contributed by atoms with Crippen molar-refractivity contribution in [3.8, 4) is 0 Å². The van der Waals surface area contributed by atoms with E-state index in [1.165, 1.54) is 6.21 Å². The van der Waals surface area contributed by atoms with Gasteiger partial charge in [-0.3, -0.25) is 0 Å². The number of aryl methyl sites for hydroxylation is 1. The molecule has 0 aliphatic rings. The Kier molecular flexibility index (Phi) is 2.05. The minimum atomic E-state index is 0.855. The van der Waals surface area contributed by atoms with E-state index in [-0.39, 0.29) is 0 Å². The molecule has 0 amide bonds. The van der Waals surface area contributed by atoms with Gasteiger partial charge >= 0.3 is 0 Å². The van der Waals surface area contributed by atoms with E-state index in [0.29, 0.717) is 0 Å². The van der Waals surface area contributed by atoms with Gasteiger partial charge in [0.25, 0.3) is 0 Å². The van der Waals surface area contributed by atoms with Crippen molar-refractivity contribution < 1.29 is 5.21 Å². The van der Waals surface area contributed by atoms with Crippen LogP contribution in [0.25, 0.3) is 0 Å². The SMILES string of the molecule is Cc1[c]cc(/C=N\O)cc1. The van der Waals surface area contributed by atoms with Crippen molar-refractivity contribution in [2.75, 3.05) is 0 Å². The van der Waals surface area contributed by atoms with Crippen LogP contribution in [-0.2, 0) is 0 Å². The molecule has 0 aromatic heterocycles. The average molecular weight is 134 g/mol. The summed E-state index contributed by atoms with van der Waals surface area (Å²) in [4.78, 5) is 0. The van der Waals surface area contributed by atoms with E-state index in [0.717, 1.165) is 11.1 Å². The summed E-state index contributed by atoms with van der Waals surface area (Å²) in [6, 6.07) is 8.54. The largest absolute Gasteiger partial charge is 0.411 e. The van der Waals surface area contributed by atoms with Crippen LogP contribution in [0, 0.1) is 13.0 Å². The number of oxime groups is 1. The maximum Gasteiger partial charge on any atom is 0.0734 e. The van der Waals surface area contributed by atoms with Gasteiger partial charge in [-0.05, 0) is 30.2 Å². The molecule has 0 saturated carbocycles. The van der Waals surface area contributed by atoms with Crippen LogP contribution in [0.5, 0.6) is 0 Å². The van der Waals surface area contributed by atoms with Crippen LogP contribution in [0.1, 0.15) is 11.1 Å². The summed E-state index contributed by atoms with van der Waals surface area (Å²) >= 11 is 0. The number of hydrogen-bond acceptors (Lipinski definition) is 2. The molecule has 0 bridgehead atoms. The van der Waals surface area contributed by atoms with E-state index >= 15 is 0 Å². The predicted octanol–water partition coefficient (Wildman–Crippen LogP) is 1.60. The van der Waals surface area contributed by atoms with Gasteiger partial charge in [0, 0.05) is 0 Å². The first-order valence-electron chi connectivity index (χ1n) is 2.98. The van der Waals surface area contributed by atoms with Crippen LogP contribution in [-0.4, -0.2) is 11.4 Å². The van der Waals surface area contributed by atoms with Crippen molar-refractivity contribution in [3.63, 3.8) is 0 Å². The topological polar surface area (TPSA) is 32.6 Å². The van der Waals surface area contributed by atoms with Gasteiger partial charge in [0.2, 0.25) is 0 Å². The molecule has 0 fully saturated rings. The van der Waals surface area contributed by atoms with Crippen molar-refractivity contribution in [3.05, 3.63) is 35.4 Å². The van der Waals surface area contributed by atoms with Crippen LogP contribution >= 0.6 is 0 Å². The van der Waals surface area contributed by atoms with Gasteiger partial charge < -0.3 is 5.21 Å². The Hall–Kier alpha value is -1.31. The highest BCUT2D eigenvalue weighted by Crippen LogP contribution is 1.98. The molecular weight excluding hydrogens is 126 g/mol. The van der Waals surface area contributed by atoms with Gasteiger partial charge in [0.15, 0.2) is 0 Å². The minimum absolute atomic E-state index is 0.855. The van der Waals surface area contributed by atoms with Gasteiger partial charge in [-0.15, -0.1) is 0 Å². The number of rotatable bonds is 1. The lowest BCUT2D eigenvalue weighted by Gasteiger charge is -1.90. The molecule has 2 nitrogen and oxygen atoms in total. The Balaban J connectivity index is 2.89. The third-order valence-electron chi connectivity index (χ3n) is 1.20. The summed E-state index contributed by atoms with van der Waals surface area (Å²) in [5.41, 5.74) is 1.93. The molecule has 0 heterocycles. The summed E-state index contributed by atoms with van der Waals surface area (Å²) in [5, 5.41) is 11.0. The Labute approximate surface area is 59.8 Å². The van der Waals surface area contributed by atoms with E-state index < -0.39 is 0 Å². The first kappa shape index (κ1) is 6.81. The van der Waals surface area contributed by atoms with Gasteiger partial charge in [-0.2, -0.15) is 0 Å². The summed E-state index contributed by atoms with van der Waals surface area (Å²) in [6.45, 7) is 1.96. The molecule has 1 radical (unpaired) electrons. The van der Waals surface area contributed by atoms with Crippen molar-refractivity contribution in [1.82, 2.24) is 0 Å². The molecular formula is C8H8NO. The predicted molar refractivity (Wildman–Crippen MR) is 39.4 cm³/mol. The standard InChI is InChI=1S/C8H8NO/c1-7-2-4-8(5-3-7)6-9-10/h2,4-6,10H,1H3/b9-6-. The summed E-state index contributed by atoms with van der Waals surface area (Å²) in [7, 11) is 0. The monoisotopic (exact) mass is 134 g/mol. The van der Waals surface area contributed by atoms with Gasteiger partial charge in [-0.25, -0.2) is 0 Å². The fraction of sp³-hybridized carbons (Fsp3) is 0.125. The molecule has 1 aromatic rings. The Morgan fingerprint density at radius 2 is 2.40 bits per heavy atom. The molecule has 0 aliphatic carbocycles. The second-order valence-electron chi connectivity index (χ2n) is 2.05. The lowest BCUT2D eigenvalue weighted by Crippen LogP contribution is -1.80. The summed E-state index contributed by atoms with van der Waals surface area (Å²) in [6.07, 6.45) is 1.37. The van der Waals surface area contributed by atoms with E-state index in [1.807, 2.05) is 19.1 Å². The van der Waals surface area contributed by atoms with Crippen LogP contribution in [0.4, 0.5) is 0 Å².